The van der Waals surface area contributed by atoms with Crippen molar-refractivity contribution in [2.75, 3.05) is 13.1 Å². The summed E-state index contributed by atoms with van der Waals surface area (Å²) in [6.07, 6.45) is 0.840. The van der Waals surface area contributed by atoms with E-state index in [0.717, 1.165) is 23.0 Å². The Kier molecular flexibility index (Phi) is 6.48. The van der Waals surface area contributed by atoms with Crippen LogP contribution in [0.2, 0.25) is 0 Å². The lowest BCUT2D eigenvalue weighted by Crippen LogP contribution is -2.44. The minimum Gasteiger partial charge on any atom is -0.369 e. The zero-order chi connectivity index (χ0) is 14.4. The molecule has 0 saturated heterocycles. The molecule has 0 spiro atoms. The van der Waals surface area contributed by atoms with E-state index in [1.54, 1.807) is 0 Å². The minimum absolute atomic E-state index is 0.000000000000000222. The monoisotopic (exact) mass is 327 g/mol. The van der Waals surface area contributed by atoms with E-state index in [9.17, 15) is 4.79 Å². The smallest absolute Gasteiger partial charge is 0.231 e. The van der Waals surface area contributed by atoms with Gasteiger partial charge in [0, 0.05) is 10.5 Å². The Bertz CT molecular complexity index is 425. The zero-order valence-electron chi connectivity index (χ0n) is 11.5. The lowest BCUT2D eigenvalue weighted by Gasteiger charge is -2.34. The molecule has 0 bridgehead atoms. The second-order valence-corrected chi connectivity index (χ2v) is 5.52. The molecule has 1 amide bonds. The Morgan fingerprint density at radius 1 is 1.42 bits per heavy atom. The molecule has 0 aromatic heterocycles. The van der Waals surface area contributed by atoms with Crippen molar-refractivity contribution in [3.63, 3.8) is 0 Å². The SMILES string of the molecule is CCC(N)C(c1cccc(Br)c1)N(CC)CC(N)=O. The normalized spacial score (nSPS) is 14.4. The third kappa shape index (κ3) is 4.60. The van der Waals surface area contributed by atoms with Crippen LogP contribution in [0.3, 0.4) is 0 Å². The Balaban J connectivity index is 3.09. The van der Waals surface area contributed by atoms with Gasteiger partial charge in [0.25, 0.3) is 0 Å². The number of likely N-dealkylation sites (N-methyl/N-ethyl adjacent to an activating group) is 1. The molecule has 0 fully saturated rings. The molecule has 1 rings (SSSR count). The zero-order valence-corrected chi connectivity index (χ0v) is 13.1. The van der Waals surface area contributed by atoms with Gasteiger partial charge in [-0.1, -0.05) is 41.9 Å². The average Bonchev–Trinajstić information content (AvgIpc) is 2.37. The quantitative estimate of drug-likeness (QED) is 0.804. The summed E-state index contributed by atoms with van der Waals surface area (Å²) in [5.41, 5.74) is 12.7. The van der Waals surface area contributed by atoms with Crippen LogP contribution >= 0.6 is 15.9 Å². The average molecular weight is 328 g/mol. The summed E-state index contributed by atoms with van der Waals surface area (Å²) in [6, 6.07) is 8.00. The number of halogens is 1. The Morgan fingerprint density at radius 2 is 2.11 bits per heavy atom. The number of nitrogens with two attached hydrogens (primary N) is 2. The highest BCUT2D eigenvalue weighted by Gasteiger charge is 2.25. The van der Waals surface area contributed by atoms with Crippen molar-refractivity contribution in [2.24, 2.45) is 11.5 Å². The molecule has 1 aromatic carbocycles. The molecule has 2 atom stereocenters. The molecule has 0 aliphatic heterocycles. The predicted octanol–water partition coefficient (Wildman–Crippen LogP) is 2.03. The van der Waals surface area contributed by atoms with Gasteiger partial charge >= 0.3 is 0 Å². The minimum atomic E-state index is -0.329. The van der Waals surface area contributed by atoms with E-state index in [-0.39, 0.29) is 24.5 Å². The molecule has 0 aliphatic carbocycles. The first-order valence-electron chi connectivity index (χ1n) is 6.53. The number of amides is 1. The van der Waals surface area contributed by atoms with E-state index in [2.05, 4.69) is 15.9 Å². The summed E-state index contributed by atoms with van der Waals surface area (Å²) in [5, 5.41) is 0. The third-order valence-electron chi connectivity index (χ3n) is 3.23. The van der Waals surface area contributed by atoms with E-state index in [1.165, 1.54) is 0 Å². The van der Waals surface area contributed by atoms with E-state index >= 15 is 0 Å². The second kappa shape index (κ2) is 7.62. The van der Waals surface area contributed by atoms with Gasteiger partial charge in [-0.05, 0) is 30.7 Å². The van der Waals surface area contributed by atoms with Crippen molar-refractivity contribution in [3.05, 3.63) is 34.3 Å². The molecule has 5 heteroatoms. The highest BCUT2D eigenvalue weighted by Crippen LogP contribution is 2.27. The standard InChI is InChI=1S/C14H22BrN3O/c1-3-12(16)14(18(4-2)9-13(17)19)10-6-5-7-11(15)8-10/h5-8,12,14H,3-4,9,16H2,1-2H3,(H2,17,19). The third-order valence-corrected chi connectivity index (χ3v) is 3.72. The van der Waals surface area contributed by atoms with Gasteiger partial charge < -0.3 is 11.5 Å². The maximum Gasteiger partial charge on any atom is 0.231 e. The lowest BCUT2D eigenvalue weighted by molar-refractivity contribution is -0.119. The summed E-state index contributed by atoms with van der Waals surface area (Å²) in [6.45, 7) is 5.01. The summed E-state index contributed by atoms with van der Waals surface area (Å²) in [5.74, 6) is -0.329. The largest absolute Gasteiger partial charge is 0.369 e. The first kappa shape index (κ1) is 16.1. The van der Waals surface area contributed by atoms with Crippen molar-refractivity contribution < 1.29 is 4.79 Å². The number of carbonyl (C=O) groups excluding carboxylic acids is 1. The van der Waals surface area contributed by atoms with Gasteiger partial charge in [-0.3, -0.25) is 9.69 Å². The first-order chi connectivity index (χ1) is 8.99. The summed E-state index contributed by atoms with van der Waals surface area (Å²) >= 11 is 3.47. The summed E-state index contributed by atoms with van der Waals surface area (Å²) in [7, 11) is 0. The van der Waals surface area contributed by atoms with Crippen LogP contribution < -0.4 is 11.5 Å². The molecule has 19 heavy (non-hydrogen) atoms. The molecule has 4 nitrogen and oxygen atoms in total. The van der Waals surface area contributed by atoms with Crippen LogP contribution in [0.4, 0.5) is 0 Å². The van der Waals surface area contributed by atoms with Gasteiger partial charge in [0.15, 0.2) is 0 Å². The lowest BCUT2D eigenvalue weighted by atomic mass is 9.96. The predicted molar refractivity (Wildman–Crippen MR) is 81.6 cm³/mol. The Morgan fingerprint density at radius 3 is 2.58 bits per heavy atom. The molecule has 0 heterocycles. The van der Waals surface area contributed by atoms with Gasteiger partial charge in [0.05, 0.1) is 12.6 Å². The van der Waals surface area contributed by atoms with Crippen molar-refractivity contribution >= 4 is 21.8 Å². The van der Waals surface area contributed by atoms with Crippen molar-refractivity contribution in [2.45, 2.75) is 32.4 Å². The van der Waals surface area contributed by atoms with Crippen LogP contribution in [0, 0.1) is 0 Å². The molecule has 1 aromatic rings. The van der Waals surface area contributed by atoms with Gasteiger partial charge in [0.1, 0.15) is 0 Å². The van der Waals surface area contributed by atoms with Crippen LogP contribution in [0.5, 0.6) is 0 Å². The molecule has 106 valence electrons. The Labute approximate surface area is 123 Å². The van der Waals surface area contributed by atoms with Crippen molar-refractivity contribution in [1.29, 1.82) is 0 Å². The molecule has 0 radical (unpaired) electrons. The highest BCUT2D eigenvalue weighted by molar-refractivity contribution is 9.10. The maximum absolute atomic E-state index is 11.2. The van der Waals surface area contributed by atoms with Gasteiger partial charge in [0.2, 0.25) is 5.91 Å². The van der Waals surface area contributed by atoms with Crippen LogP contribution in [0.1, 0.15) is 31.9 Å². The molecular weight excluding hydrogens is 306 g/mol. The number of rotatable bonds is 7. The number of nitrogens with zero attached hydrogens (tertiary/aromatic N) is 1. The fourth-order valence-corrected chi connectivity index (χ4v) is 2.67. The van der Waals surface area contributed by atoms with Gasteiger partial charge in [-0.15, -0.1) is 0 Å². The number of hydrogen-bond donors (Lipinski definition) is 2. The van der Waals surface area contributed by atoms with E-state index < -0.39 is 0 Å². The topological polar surface area (TPSA) is 72.3 Å². The van der Waals surface area contributed by atoms with Crippen molar-refractivity contribution in [1.82, 2.24) is 4.90 Å². The van der Waals surface area contributed by atoms with Crippen LogP contribution in [0.25, 0.3) is 0 Å². The Hall–Kier alpha value is -0.910. The highest BCUT2D eigenvalue weighted by atomic mass is 79.9. The van der Waals surface area contributed by atoms with E-state index in [0.29, 0.717) is 0 Å². The first-order valence-corrected chi connectivity index (χ1v) is 7.32. The summed E-state index contributed by atoms with van der Waals surface area (Å²) < 4.78 is 1.01. The van der Waals surface area contributed by atoms with Crippen LogP contribution in [0.15, 0.2) is 28.7 Å². The number of benzene rings is 1. The fourth-order valence-electron chi connectivity index (χ4n) is 2.25. The van der Waals surface area contributed by atoms with E-state index in [1.807, 2.05) is 43.0 Å². The number of hydrogen-bond acceptors (Lipinski definition) is 3. The number of primary amides is 1. The van der Waals surface area contributed by atoms with Crippen LogP contribution in [-0.2, 0) is 4.79 Å². The van der Waals surface area contributed by atoms with E-state index in [4.69, 9.17) is 11.5 Å². The fraction of sp³-hybridized carbons (Fsp3) is 0.500. The van der Waals surface area contributed by atoms with Crippen molar-refractivity contribution in [3.8, 4) is 0 Å². The molecule has 4 N–H and O–H groups in total. The molecule has 2 unspecified atom stereocenters. The summed E-state index contributed by atoms with van der Waals surface area (Å²) in [4.78, 5) is 13.2. The molecular formula is C14H22BrN3O. The van der Waals surface area contributed by atoms with Gasteiger partial charge in [-0.25, -0.2) is 0 Å². The maximum atomic E-state index is 11.2. The molecule has 0 saturated carbocycles. The van der Waals surface area contributed by atoms with Gasteiger partial charge in [-0.2, -0.15) is 0 Å². The second-order valence-electron chi connectivity index (χ2n) is 4.60. The number of carbonyl (C=O) groups is 1. The van der Waals surface area contributed by atoms with Crippen LogP contribution in [-0.4, -0.2) is 29.9 Å². The molecule has 0 aliphatic rings.